The largest absolute Gasteiger partial charge is 0.103 e. The van der Waals surface area contributed by atoms with E-state index >= 15 is 0 Å². The molecule has 1 unspecified atom stereocenters. The lowest BCUT2D eigenvalue weighted by molar-refractivity contribution is 0.494. The molecule has 0 aromatic heterocycles. The first kappa shape index (κ1) is 29.2. The predicted octanol–water partition coefficient (Wildman–Crippen LogP) is 11.3. The molecule has 1 atom stereocenters. The van der Waals surface area contributed by atoms with Crippen molar-refractivity contribution in [3.8, 4) is 11.1 Å². The minimum atomic E-state index is -0.391. The Labute approximate surface area is 259 Å². The van der Waals surface area contributed by atoms with Gasteiger partial charge in [-0.05, 0) is 80.2 Å². The molecule has 0 bridgehead atoms. The summed E-state index contributed by atoms with van der Waals surface area (Å²) in [4.78, 5) is 0. The molecular weight excluding hydrogens is 516 g/mol. The molecule has 2 aliphatic carbocycles. The summed E-state index contributed by atoms with van der Waals surface area (Å²) in [7, 11) is 0. The molecule has 2 aliphatic rings. The van der Waals surface area contributed by atoms with E-state index in [-0.39, 0.29) is 16.7 Å². The molecule has 0 fully saturated rings. The van der Waals surface area contributed by atoms with Crippen molar-refractivity contribution in [3.63, 3.8) is 0 Å². The summed E-state index contributed by atoms with van der Waals surface area (Å²) in [5.74, 6) is 0.179. The highest BCUT2D eigenvalue weighted by Crippen LogP contribution is 2.55. The summed E-state index contributed by atoms with van der Waals surface area (Å²) >= 11 is 0. The van der Waals surface area contributed by atoms with Gasteiger partial charge in [-0.1, -0.05) is 162 Å². The number of rotatable bonds is 7. The smallest absolute Gasteiger partial charge is 0.0554 e. The topological polar surface area (TPSA) is 0 Å². The Morgan fingerprint density at radius 3 is 1.93 bits per heavy atom. The van der Waals surface area contributed by atoms with Gasteiger partial charge in [-0.25, -0.2) is 0 Å². The predicted molar refractivity (Wildman–Crippen MR) is 185 cm³/mol. The van der Waals surface area contributed by atoms with E-state index in [2.05, 4.69) is 157 Å². The summed E-state index contributed by atoms with van der Waals surface area (Å²) in [6, 6.07) is 34.7. The Hall–Kier alpha value is -3.90. The molecule has 0 amide bonds. The maximum atomic E-state index is 4.00. The van der Waals surface area contributed by atoms with Gasteiger partial charge in [-0.3, -0.25) is 0 Å². The van der Waals surface area contributed by atoms with E-state index in [9.17, 15) is 0 Å². The summed E-state index contributed by atoms with van der Waals surface area (Å²) in [6.07, 6.45) is 12.4. The monoisotopic (exact) mass is 562 g/mol. The zero-order chi connectivity index (χ0) is 30.4. The van der Waals surface area contributed by atoms with E-state index in [1.165, 1.54) is 55.6 Å². The average molecular weight is 563 g/mol. The van der Waals surface area contributed by atoms with Gasteiger partial charge in [0.2, 0.25) is 0 Å². The maximum Gasteiger partial charge on any atom is 0.0554 e. The van der Waals surface area contributed by atoms with Gasteiger partial charge in [0.1, 0.15) is 0 Å². The van der Waals surface area contributed by atoms with Crippen molar-refractivity contribution >= 4 is 0 Å². The summed E-state index contributed by atoms with van der Waals surface area (Å²) in [6.45, 7) is 18.1. The molecule has 0 saturated carbocycles. The maximum absolute atomic E-state index is 4.00. The normalized spacial score (nSPS) is 16.1. The van der Waals surface area contributed by atoms with Crippen LogP contribution in [0.1, 0.15) is 93.3 Å². The van der Waals surface area contributed by atoms with E-state index in [0.717, 1.165) is 19.3 Å². The first-order valence-electron chi connectivity index (χ1n) is 16.0. The van der Waals surface area contributed by atoms with Crippen LogP contribution in [0.15, 0.2) is 127 Å². The van der Waals surface area contributed by atoms with Crippen LogP contribution in [0.25, 0.3) is 11.1 Å². The molecule has 0 heteroatoms. The van der Waals surface area contributed by atoms with Crippen LogP contribution < -0.4 is 0 Å². The number of benzene rings is 4. The molecule has 0 N–H and O–H groups in total. The molecule has 0 radical (unpaired) electrons. The van der Waals surface area contributed by atoms with Gasteiger partial charge < -0.3 is 0 Å². The second kappa shape index (κ2) is 11.0. The Morgan fingerprint density at radius 1 is 0.721 bits per heavy atom. The Balaban J connectivity index is 1.72. The fourth-order valence-electron chi connectivity index (χ4n) is 7.50. The van der Waals surface area contributed by atoms with Gasteiger partial charge in [-0.2, -0.15) is 0 Å². The quantitative estimate of drug-likeness (QED) is 0.137. The zero-order valence-corrected chi connectivity index (χ0v) is 26.9. The standard InChI is InChI=1S/C43H46/c1-8-9-16-30-21-22-35(27-30)43(32-17-12-10-13-18-32,33-19-14-11-15-20-33)40-38-29-31-28-34(41(2,3)4)23-24-36(31)37(38)25-26-39(40)42(5,6)7/h8,10-15,17-28,35H,1,9,16,29H2,2-7H3. The fourth-order valence-corrected chi connectivity index (χ4v) is 7.50. The number of allylic oxidation sites excluding steroid dienone is 5. The van der Waals surface area contributed by atoms with Gasteiger partial charge in [0.05, 0.1) is 5.41 Å². The highest BCUT2D eigenvalue weighted by Gasteiger charge is 2.47. The molecular formula is C43H46. The molecule has 0 aliphatic heterocycles. The third-order valence-electron chi connectivity index (χ3n) is 9.65. The van der Waals surface area contributed by atoms with Crippen LogP contribution in [0.4, 0.5) is 0 Å². The van der Waals surface area contributed by atoms with Crippen LogP contribution in [-0.2, 0) is 22.7 Å². The Morgan fingerprint density at radius 2 is 1.35 bits per heavy atom. The van der Waals surface area contributed by atoms with Crippen molar-refractivity contribution in [1.82, 2.24) is 0 Å². The molecule has 4 aromatic carbocycles. The van der Waals surface area contributed by atoms with Gasteiger partial charge in [-0.15, -0.1) is 6.58 Å². The SMILES string of the molecule is C=CCCC1=CC(C(c2ccccc2)(c2ccccc2)c2c(C(C)(C)C)ccc3c2Cc2cc(C(C)(C)C)ccc2-3)C=C1. The Bertz CT molecular complexity index is 1660. The second-order valence-corrected chi connectivity index (χ2v) is 14.6. The number of hydrogen-bond donors (Lipinski definition) is 0. The zero-order valence-electron chi connectivity index (χ0n) is 26.9. The Kier molecular flexibility index (Phi) is 7.45. The van der Waals surface area contributed by atoms with Crippen LogP contribution >= 0.6 is 0 Å². The van der Waals surface area contributed by atoms with Gasteiger partial charge in [0, 0.05) is 5.92 Å². The lowest BCUT2D eigenvalue weighted by atomic mass is 9.58. The van der Waals surface area contributed by atoms with Crippen molar-refractivity contribution < 1.29 is 0 Å². The first-order chi connectivity index (χ1) is 20.5. The minimum Gasteiger partial charge on any atom is -0.103 e. The lowest BCUT2D eigenvalue weighted by Gasteiger charge is -2.44. The molecule has 6 rings (SSSR count). The van der Waals surface area contributed by atoms with Gasteiger partial charge >= 0.3 is 0 Å². The third-order valence-corrected chi connectivity index (χ3v) is 9.65. The average Bonchev–Trinajstić information content (AvgIpc) is 3.61. The van der Waals surface area contributed by atoms with Crippen molar-refractivity contribution in [1.29, 1.82) is 0 Å². The van der Waals surface area contributed by atoms with E-state index in [0.29, 0.717) is 0 Å². The highest BCUT2D eigenvalue weighted by atomic mass is 14.5. The summed E-state index contributed by atoms with van der Waals surface area (Å²) in [5, 5.41) is 0. The van der Waals surface area contributed by atoms with Crippen molar-refractivity contribution in [2.75, 3.05) is 0 Å². The second-order valence-electron chi connectivity index (χ2n) is 14.6. The van der Waals surface area contributed by atoms with Crippen LogP contribution in [0.3, 0.4) is 0 Å². The highest BCUT2D eigenvalue weighted by molar-refractivity contribution is 5.81. The van der Waals surface area contributed by atoms with Gasteiger partial charge in [0.15, 0.2) is 0 Å². The molecule has 0 spiro atoms. The van der Waals surface area contributed by atoms with E-state index in [4.69, 9.17) is 0 Å². The number of hydrogen-bond acceptors (Lipinski definition) is 0. The van der Waals surface area contributed by atoms with Crippen molar-refractivity contribution in [2.45, 2.75) is 77.0 Å². The molecule has 0 nitrogen and oxygen atoms in total. The third kappa shape index (κ3) is 5.06. The van der Waals surface area contributed by atoms with Crippen LogP contribution in [0, 0.1) is 5.92 Å². The molecule has 218 valence electrons. The van der Waals surface area contributed by atoms with E-state index in [1.807, 2.05) is 6.08 Å². The molecule has 0 saturated heterocycles. The van der Waals surface area contributed by atoms with Crippen LogP contribution in [0.2, 0.25) is 0 Å². The summed E-state index contributed by atoms with van der Waals surface area (Å²) < 4.78 is 0. The van der Waals surface area contributed by atoms with E-state index in [1.54, 1.807) is 0 Å². The van der Waals surface area contributed by atoms with E-state index < -0.39 is 5.41 Å². The fraction of sp³-hybridized carbons (Fsp3) is 0.302. The van der Waals surface area contributed by atoms with Crippen LogP contribution in [0.5, 0.6) is 0 Å². The number of fused-ring (bicyclic) bond motifs is 3. The molecule has 4 aromatic rings. The summed E-state index contributed by atoms with van der Waals surface area (Å²) in [5.41, 5.74) is 13.8. The minimum absolute atomic E-state index is 0.0395. The van der Waals surface area contributed by atoms with Gasteiger partial charge in [0.25, 0.3) is 0 Å². The first-order valence-corrected chi connectivity index (χ1v) is 16.0. The molecule has 43 heavy (non-hydrogen) atoms. The lowest BCUT2D eigenvalue weighted by Crippen LogP contribution is -2.39. The van der Waals surface area contributed by atoms with Crippen LogP contribution in [-0.4, -0.2) is 0 Å². The molecule has 0 heterocycles. The van der Waals surface area contributed by atoms with Crippen molar-refractivity contribution in [3.05, 3.63) is 166 Å². The van der Waals surface area contributed by atoms with Crippen molar-refractivity contribution in [2.24, 2.45) is 5.92 Å².